The number of piperazine rings is 1. The van der Waals surface area contributed by atoms with Crippen molar-refractivity contribution in [3.05, 3.63) is 53.7 Å². The molecule has 0 atom stereocenters. The zero-order chi connectivity index (χ0) is 19.2. The molecule has 1 fully saturated rings. The van der Waals surface area contributed by atoms with Crippen molar-refractivity contribution in [1.29, 1.82) is 0 Å². The van der Waals surface area contributed by atoms with Gasteiger partial charge in [-0.15, -0.1) is 0 Å². The predicted molar refractivity (Wildman–Crippen MR) is 101 cm³/mol. The van der Waals surface area contributed by atoms with Gasteiger partial charge in [-0.1, -0.05) is 6.07 Å². The van der Waals surface area contributed by atoms with Crippen LogP contribution in [-0.4, -0.2) is 56.2 Å². The van der Waals surface area contributed by atoms with E-state index in [2.05, 4.69) is 20.2 Å². The maximum Gasteiger partial charge on any atom is 0.212 e. The van der Waals surface area contributed by atoms with E-state index in [1.54, 1.807) is 20.4 Å². The number of nitrogens with one attached hydrogen (secondary N) is 1. The van der Waals surface area contributed by atoms with Crippen molar-refractivity contribution in [2.24, 2.45) is 4.99 Å². The first-order valence-electron chi connectivity index (χ1n) is 8.75. The number of aromatic nitrogens is 1. The van der Waals surface area contributed by atoms with Crippen LogP contribution in [0.1, 0.15) is 5.56 Å². The number of rotatable bonds is 4. The molecule has 144 valence electrons. The van der Waals surface area contributed by atoms with Gasteiger partial charge in [0.05, 0.1) is 12.8 Å². The maximum atomic E-state index is 14.0. The average Bonchev–Trinajstić information content (AvgIpc) is 2.71. The Hall–Kier alpha value is -2.90. The SMILES string of the molecule is CN=C(NCc1ccc(OC)nc1)N1CCN(c2cc(F)ccc2F)CC1. The molecule has 2 aromatic rings. The number of anilines is 1. The number of ether oxygens (including phenoxy) is 1. The van der Waals surface area contributed by atoms with Gasteiger partial charge in [-0.3, -0.25) is 4.99 Å². The fraction of sp³-hybridized carbons (Fsp3) is 0.368. The van der Waals surface area contributed by atoms with E-state index >= 15 is 0 Å². The number of benzene rings is 1. The van der Waals surface area contributed by atoms with Crippen molar-refractivity contribution in [3.63, 3.8) is 0 Å². The summed E-state index contributed by atoms with van der Waals surface area (Å²) in [5.74, 6) is 0.507. The van der Waals surface area contributed by atoms with E-state index in [1.807, 2.05) is 17.0 Å². The molecular formula is C19H23F2N5O. The Morgan fingerprint density at radius 3 is 2.59 bits per heavy atom. The zero-order valence-corrected chi connectivity index (χ0v) is 15.5. The topological polar surface area (TPSA) is 53.0 Å². The number of hydrogen-bond acceptors (Lipinski definition) is 4. The molecule has 0 saturated carbocycles. The van der Waals surface area contributed by atoms with Crippen molar-refractivity contribution in [2.75, 3.05) is 45.2 Å². The second-order valence-electron chi connectivity index (χ2n) is 6.18. The lowest BCUT2D eigenvalue weighted by Gasteiger charge is -2.37. The molecule has 0 spiro atoms. The van der Waals surface area contributed by atoms with Crippen molar-refractivity contribution in [3.8, 4) is 5.88 Å². The van der Waals surface area contributed by atoms with E-state index in [1.165, 1.54) is 12.1 Å². The molecule has 0 bridgehead atoms. The molecule has 8 heteroatoms. The number of pyridine rings is 1. The summed E-state index contributed by atoms with van der Waals surface area (Å²) >= 11 is 0. The monoisotopic (exact) mass is 375 g/mol. The first-order valence-corrected chi connectivity index (χ1v) is 8.75. The number of hydrogen-bond donors (Lipinski definition) is 1. The fourth-order valence-corrected chi connectivity index (χ4v) is 3.04. The van der Waals surface area contributed by atoms with E-state index in [0.717, 1.165) is 17.6 Å². The largest absolute Gasteiger partial charge is 0.481 e. The van der Waals surface area contributed by atoms with E-state index in [4.69, 9.17) is 4.74 Å². The van der Waals surface area contributed by atoms with Gasteiger partial charge in [-0.25, -0.2) is 13.8 Å². The third-order valence-corrected chi connectivity index (χ3v) is 4.50. The molecule has 27 heavy (non-hydrogen) atoms. The second kappa shape index (κ2) is 8.66. The maximum absolute atomic E-state index is 14.0. The van der Waals surface area contributed by atoms with Crippen LogP contribution in [0.4, 0.5) is 14.5 Å². The van der Waals surface area contributed by atoms with Gasteiger partial charge in [0, 0.05) is 58.1 Å². The molecule has 0 unspecified atom stereocenters. The summed E-state index contributed by atoms with van der Waals surface area (Å²) in [6.45, 7) is 3.09. The molecule has 0 amide bonds. The molecule has 1 aliphatic rings. The Morgan fingerprint density at radius 2 is 1.96 bits per heavy atom. The Balaban J connectivity index is 1.56. The minimum atomic E-state index is -0.431. The summed E-state index contributed by atoms with van der Waals surface area (Å²) in [5, 5.41) is 3.31. The third-order valence-electron chi connectivity index (χ3n) is 4.50. The lowest BCUT2D eigenvalue weighted by molar-refractivity contribution is 0.370. The number of guanidine groups is 1. The van der Waals surface area contributed by atoms with Crippen LogP contribution in [0.5, 0.6) is 5.88 Å². The van der Waals surface area contributed by atoms with E-state index < -0.39 is 11.6 Å². The highest BCUT2D eigenvalue weighted by atomic mass is 19.1. The number of aliphatic imine (C=N–C) groups is 1. The minimum absolute atomic E-state index is 0.307. The smallest absolute Gasteiger partial charge is 0.212 e. The molecule has 1 aromatic heterocycles. The summed E-state index contributed by atoms with van der Waals surface area (Å²) < 4.78 is 32.4. The van der Waals surface area contributed by atoms with Crippen LogP contribution in [0.3, 0.4) is 0 Å². The van der Waals surface area contributed by atoms with Crippen molar-refractivity contribution in [1.82, 2.24) is 15.2 Å². The molecular weight excluding hydrogens is 352 g/mol. The van der Waals surface area contributed by atoms with Gasteiger partial charge in [0.25, 0.3) is 0 Å². The molecule has 2 heterocycles. The minimum Gasteiger partial charge on any atom is -0.481 e. The summed E-state index contributed by atoms with van der Waals surface area (Å²) in [6.07, 6.45) is 1.75. The third kappa shape index (κ3) is 4.64. The highest BCUT2D eigenvalue weighted by Crippen LogP contribution is 2.22. The molecule has 1 aromatic carbocycles. The standard InChI is InChI=1S/C19H23F2N5O/c1-22-19(24-13-14-3-6-18(27-2)23-12-14)26-9-7-25(8-10-26)17-11-15(20)4-5-16(17)21/h3-6,11-12H,7-10,13H2,1-2H3,(H,22,24). The fourth-order valence-electron chi connectivity index (χ4n) is 3.04. The normalized spacial score (nSPS) is 15.0. The molecule has 6 nitrogen and oxygen atoms in total. The lowest BCUT2D eigenvalue weighted by Crippen LogP contribution is -2.52. The summed E-state index contributed by atoms with van der Waals surface area (Å²) in [4.78, 5) is 12.5. The van der Waals surface area contributed by atoms with Gasteiger partial charge in [0.2, 0.25) is 5.88 Å². The summed E-state index contributed by atoms with van der Waals surface area (Å²) in [6, 6.07) is 7.30. The van der Waals surface area contributed by atoms with Crippen LogP contribution in [0.2, 0.25) is 0 Å². The van der Waals surface area contributed by atoms with Gasteiger partial charge in [0.1, 0.15) is 11.6 Å². The van der Waals surface area contributed by atoms with E-state index in [-0.39, 0.29) is 0 Å². The van der Waals surface area contributed by atoms with Crippen LogP contribution in [0.25, 0.3) is 0 Å². The first kappa shape index (κ1) is 18.9. The van der Waals surface area contributed by atoms with Crippen molar-refractivity contribution >= 4 is 11.6 Å². The van der Waals surface area contributed by atoms with Crippen LogP contribution in [-0.2, 0) is 6.54 Å². The quantitative estimate of drug-likeness (QED) is 0.656. The van der Waals surface area contributed by atoms with Crippen molar-refractivity contribution in [2.45, 2.75) is 6.54 Å². The van der Waals surface area contributed by atoms with E-state index in [0.29, 0.717) is 44.3 Å². The molecule has 1 saturated heterocycles. The second-order valence-corrected chi connectivity index (χ2v) is 6.18. The summed E-state index contributed by atoms with van der Waals surface area (Å²) in [5.41, 5.74) is 1.32. The highest BCUT2D eigenvalue weighted by molar-refractivity contribution is 5.80. The van der Waals surface area contributed by atoms with Crippen LogP contribution < -0.4 is 15.0 Å². The predicted octanol–water partition coefficient (Wildman–Crippen LogP) is 2.27. The van der Waals surface area contributed by atoms with Gasteiger partial charge in [-0.2, -0.15) is 0 Å². The summed E-state index contributed by atoms with van der Waals surface area (Å²) in [7, 11) is 3.31. The highest BCUT2D eigenvalue weighted by Gasteiger charge is 2.22. The van der Waals surface area contributed by atoms with Gasteiger partial charge in [0.15, 0.2) is 5.96 Å². The molecule has 0 aliphatic carbocycles. The van der Waals surface area contributed by atoms with Gasteiger partial charge < -0.3 is 19.9 Å². The average molecular weight is 375 g/mol. The van der Waals surface area contributed by atoms with Crippen LogP contribution in [0.15, 0.2) is 41.5 Å². The Bertz CT molecular complexity index is 789. The van der Waals surface area contributed by atoms with Crippen LogP contribution in [0, 0.1) is 11.6 Å². The molecule has 1 aliphatic heterocycles. The Labute approximate surface area is 157 Å². The zero-order valence-electron chi connectivity index (χ0n) is 15.5. The molecule has 3 rings (SSSR count). The number of nitrogens with zero attached hydrogens (tertiary/aromatic N) is 4. The Morgan fingerprint density at radius 1 is 1.19 bits per heavy atom. The molecule has 1 N–H and O–H groups in total. The van der Waals surface area contributed by atoms with Gasteiger partial charge >= 0.3 is 0 Å². The lowest BCUT2D eigenvalue weighted by atomic mass is 10.2. The van der Waals surface area contributed by atoms with Crippen molar-refractivity contribution < 1.29 is 13.5 Å². The van der Waals surface area contributed by atoms with E-state index in [9.17, 15) is 8.78 Å². The molecule has 0 radical (unpaired) electrons. The Kier molecular flexibility index (Phi) is 6.05. The number of halogens is 2. The van der Waals surface area contributed by atoms with Crippen LogP contribution >= 0.6 is 0 Å². The first-order chi connectivity index (χ1) is 13.1. The number of methoxy groups -OCH3 is 1. The van der Waals surface area contributed by atoms with Gasteiger partial charge in [-0.05, 0) is 17.7 Å².